The summed E-state index contributed by atoms with van der Waals surface area (Å²) in [4.78, 5) is 31.9. The maximum atomic E-state index is 12.7. The Bertz CT molecular complexity index is 787. The number of aromatic nitrogens is 1. The number of ether oxygens (including phenoxy) is 1. The number of carbonyl (C=O) groups is 2. The van der Waals surface area contributed by atoms with Gasteiger partial charge in [-0.05, 0) is 58.5 Å². The van der Waals surface area contributed by atoms with Gasteiger partial charge >= 0.3 is 6.09 Å². The van der Waals surface area contributed by atoms with Crippen molar-refractivity contribution in [3.8, 4) is 0 Å². The highest BCUT2D eigenvalue weighted by Gasteiger charge is 2.22. The molecule has 0 spiro atoms. The molecule has 2 aromatic rings. The highest BCUT2D eigenvalue weighted by Crippen LogP contribution is 2.13. The van der Waals surface area contributed by atoms with Gasteiger partial charge in [-0.2, -0.15) is 0 Å². The van der Waals surface area contributed by atoms with Crippen LogP contribution in [0.15, 0.2) is 48.7 Å². The first kappa shape index (κ1) is 22.6. The molecule has 156 valence electrons. The summed E-state index contributed by atoms with van der Waals surface area (Å²) in [6.45, 7) is 8.10. The summed E-state index contributed by atoms with van der Waals surface area (Å²) in [7, 11) is 2.07. The molecular weight excluding hydrogens is 366 g/mol. The van der Waals surface area contributed by atoms with Crippen LogP contribution in [0.5, 0.6) is 0 Å². The standard InChI is InChI=1S/C23H31N3O3/c1-23(2,3)29-22(28)26(17-21-15-20(18-27)11-12-24-21)14-8-13-25(4)16-19-9-6-5-7-10-19/h5-7,9-12,15,18H,8,13-14,16-17H2,1-4H3. The molecule has 1 aromatic carbocycles. The van der Waals surface area contributed by atoms with Gasteiger partial charge in [0.15, 0.2) is 0 Å². The summed E-state index contributed by atoms with van der Waals surface area (Å²) >= 11 is 0. The van der Waals surface area contributed by atoms with Crippen LogP contribution in [0.2, 0.25) is 0 Å². The first-order valence-corrected chi connectivity index (χ1v) is 9.87. The molecule has 6 heteroatoms. The van der Waals surface area contributed by atoms with Crippen molar-refractivity contribution in [3.05, 3.63) is 65.5 Å². The van der Waals surface area contributed by atoms with Crippen molar-refractivity contribution < 1.29 is 14.3 Å². The lowest BCUT2D eigenvalue weighted by molar-refractivity contribution is 0.0224. The number of benzene rings is 1. The fourth-order valence-electron chi connectivity index (χ4n) is 2.92. The van der Waals surface area contributed by atoms with Gasteiger partial charge in [0.1, 0.15) is 11.9 Å². The first-order valence-electron chi connectivity index (χ1n) is 9.87. The molecule has 0 saturated carbocycles. The van der Waals surface area contributed by atoms with E-state index in [0.29, 0.717) is 24.3 Å². The van der Waals surface area contributed by atoms with E-state index in [-0.39, 0.29) is 6.09 Å². The highest BCUT2D eigenvalue weighted by atomic mass is 16.6. The number of nitrogens with zero attached hydrogens (tertiary/aromatic N) is 3. The molecular formula is C23H31N3O3. The zero-order valence-corrected chi connectivity index (χ0v) is 17.8. The molecule has 0 aliphatic heterocycles. The van der Waals surface area contributed by atoms with Crippen LogP contribution in [0, 0.1) is 0 Å². The van der Waals surface area contributed by atoms with Gasteiger partial charge < -0.3 is 14.5 Å². The average molecular weight is 398 g/mol. The number of hydrogen-bond acceptors (Lipinski definition) is 5. The van der Waals surface area contributed by atoms with Gasteiger partial charge in [0.25, 0.3) is 0 Å². The smallest absolute Gasteiger partial charge is 0.410 e. The fourth-order valence-corrected chi connectivity index (χ4v) is 2.92. The predicted molar refractivity (Wildman–Crippen MR) is 114 cm³/mol. The Morgan fingerprint density at radius 1 is 1.10 bits per heavy atom. The molecule has 0 aliphatic carbocycles. The summed E-state index contributed by atoms with van der Waals surface area (Å²) in [5.74, 6) is 0. The summed E-state index contributed by atoms with van der Waals surface area (Å²) in [6.07, 6.45) is 2.79. The topological polar surface area (TPSA) is 62.7 Å². The van der Waals surface area contributed by atoms with Crippen molar-refractivity contribution in [3.63, 3.8) is 0 Å². The SMILES string of the molecule is CN(CCCN(Cc1cc(C=O)ccn1)C(=O)OC(C)(C)C)Cc1ccccc1. The molecule has 0 bridgehead atoms. The van der Waals surface area contributed by atoms with Gasteiger partial charge in [-0.3, -0.25) is 9.78 Å². The summed E-state index contributed by atoms with van der Waals surface area (Å²) in [5.41, 5.74) is 1.89. The van der Waals surface area contributed by atoms with Crippen LogP contribution in [-0.4, -0.2) is 52.9 Å². The lowest BCUT2D eigenvalue weighted by Crippen LogP contribution is -2.38. The van der Waals surface area contributed by atoms with Crippen molar-refractivity contribution in [2.75, 3.05) is 20.1 Å². The minimum Gasteiger partial charge on any atom is -0.444 e. The van der Waals surface area contributed by atoms with E-state index in [1.807, 2.05) is 39.0 Å². The Kier molecular flexibility index (Phi) is 8.34. The third-order valence-corrected chi connectivity index (χ3v) is 4.24. The lowest BCUT2D eigenvalue weighted by Gasteiger charge is -2.28. The van der Waals surface area contributed by atoms with Crippen LogP contribution in [0.3, 0.4) is 0 Å². The molecule has 1 amide bonds. The van der Waals surface area contributed by atoms with E-state index in [4.69, 9.17) is 4.74 Å². The Morgan fingerprint density at radius 3 is 2.48 bits per heavy atom. The Labute approximate surface area is 173 Å². The molecule has 0 aliphatic rings. The second-order valence-electron chi connectivity index (χ2n) is 8.18. The summed E-state index contributed by atoms with van der Waals surface area (Å²) in [5, 5.41) is 0. The minimum atomic E-state index is -0.572. The second kappa shape index (κ2) is 10.7. The molecule has 2 rings (SSSR count). The van der Waals surface area contributed by atoms with Crippen LogP contribution in [0.25, 0.3) is 0 Å². The van der Waals surface area contributed by atoms with Gasteiger partial charge in [-0.1, -0.05) is 30.3 Å². The minimum absolute atomic E-state index is 0.305. The van der Waals surface area contributed by atoms with Crippen molar-refractivity contribution in [2.45, 2.75) is 45.9 Å². The van der Waals surface area contributed by atoms with Crippen LogP contribution >= 0.6 is 0 Å². The Hall–Kier alpha value is -2.73. The van der Waals surface area contributed by atoms with E-state index in [1.54, 1.807) is 23.2 Å². The van der Waals surface area contributed by atoms with Gasteiger partial charge in [0, 0.05) is 24.8 Å². The Balaban J connectivity index is 1.96. The summed E-state index contributed by atoms with van der Waals surface area (Å²) < 4.78 is 5.56. The number of pyridine rings is 1. The second-order valence-corrected chi connectivity index (χ2v) is 8.18. The van der Waals surface area contributed by atoms with Crippen molar-refractivity contribution >= 4 is 12.4 Å². The maximum Gasteiger partial charge on any atom is 0.410 e. The molecule has 0 unspecified atom stereocenters. The van der Waals surface area contributed by atoms with Crippen LogP contribution in [-0.2, 0) is 17.8 Å². The number of carbonyl (C=O) groups excluding carboxylic acids is 2. The molecule has 0 atom stereocenters. The average Bonchev–Trinajstić information content (AvgIpc) is 2.67. The molecule has 1 aromatic heterocycles. The third kappa shape index (κ3) is 8.44. The van der Waals surface area contributed by atoms with Crippen LogP contribution < -0.4 is 0 Å². The van der Waals surface area contributed by atoms with Gasteiger partial charge in [0.2, 0.25) is 0 Å². The largest absolute Gasteiger partial charge is 0.444 e. The van der Waals surface area contributed by atoms with Gasteiger partial charge in [0.05, 0.1) is 12.2 Å². The first-order chi connectivity index (χ1) is 13.8. The molecule has 0 radical (unpaired) electrons. The highest BCUT2D eigenvalue weighted by molar-refractivity contribution is 5.74. The molecule has 1 heterocycles. The van der Waals surface area contributed by atoms with Gasteiger partial charge in [-0.25, -0.2) is 4.79 Å². The van der Waals surface area contributed by atoms with Crippen molar-refractivity contribution in [2.24, 2.45) is 0 Å². The molecule has 6 nitrogen and oxygen atoms in total. The van der Waals surface area contributed by atoms with E-state index in [9.17, 15) is 9.59 Å². The van der Waals surface area contributed by atoms with Crippen LogP contribution in [0.4, 0.5) is 4.79 Å². The number of aldehydes is 1. The zero-order chi connectivity index (χ0) is 21.3. The normalized spacial score (nSPS) is 11.3. The fraction of sp³-hybridized carbons (Fsp3) is 0.435. The molecule has 0 fully saturated rings. The quantitative estimate of drug-likeness (QED) is 0.595. The summed E-state index contributed by atoms with van der Waals surface area (Å²) in [6, 6.07) is 13.6. The number of rotatable bonds is 9. The monoisotopic (exact) mass is 397 g/mol. The number of amides is 1. The lowest BCUT2D eigenvalue weighted by atomic mass is 10.2. The van der Waals surface area contributed by atoms with E-state index < -0.39 is 5.60 Å². The maximum absolute atomic E-state index is 12.7. The van der Waals surface area contributed by atoms with Gasteiger partial charge in [-0.15, -0.1) is 0 Å². The van der Waals surface area contributed by atoms with E-state index in [2.05, 4.69) is 29.1 Å². The van der Waals surface area contributed by atoms with E-state index in [1.165, 1.54) is 5.56 Å². The van der Waals surface area contributed by atoms with E-state index in [0.717, 1.165) is 25.8 Å². The third-order valence-electron chi connectivity index (χ3n) is 4.24. The van der Waals surface area contributed by atoms with Crippen molar-refractivity contribution in [1.82, 2.24) is 14.8 Å². The van der Waals surface area contributed by atoms with Crippen LogP contribution in [0.1, 0.15) is 48.8 Å². The Morgan fingerprint density at radius 2 is 1.83 bits per heavy atom. The molecule has 0 saturated heterocycles. The molecule has 29 heavy (non-hydrogen) atoms. The predicted octanol–water partition coefficient (Wildman–Crippen LogP) is 4.15. The zero-order valence-electron chi connectivity index (χ0n) is 17.8. The van der Waals surface area contributed by atoms with Crippen molar-refractivity contribution in [1.29, 1.82) is 0 Å². The number of hydrogen-bond donors (Lipinski definition) is 0. The van der Waals surface area contributed by atoms with E-state index >= 15 is 0 Å². The molecule has 0 N–H and O–H groups in total.